The fourth-order valence-corrected chi connectivity index (χ4v) is 4.45. The molecular formula is C25H36N6O2S. The number of thioether (sulfide) groups is 1. The number of nitrogens with one attached hydrogen (secondary N) is 3. The minimum absolute atomic E-state index is 0.120. The lowest BCUT2D eigenvalue weighted by atomic mass is 10.0. The normalized spacial score (nSPS) is 15.9. The molecule has 34 heavy (non-hydrogen) atoms. The Morgan fingerprint density at radius 3 is 2.76 bits per heavy atom. The molecule has 3 rings (SSSR count). The minimum atomic E-state index is -0.301. The Hall–Kier alpha value is -2.65. The second kappa shape index (κ2) is 13.3. The zero-order valence-electron chi connectivity index (χ0n) is 20.3. The van der Waals surface area contributed by atoms with Gasteiger partial charge < -0.3 is 15.5 Å². The SMILES string of the molecule is CSCCCNC(=O)Nc1nnc(C(=O)N2CCN[C@@H](Cc3ccccc3)C2)cc1CC(C)C. The van der Waals surface area contributed by atoms with Crippen LogP contribution in [-0.4, -0.2) is 71.3 Å². The monoisotopic (exact) mass is 484 g/mol. The average Bonchev–Trinajstić information content (AvgIpc) is 2.83. The largest absolute Gasteiger partial charge is 0.338 e. The molecule has 9 heteroatoms. The van der Waals surface area contributed by atoms with Gasteiger partial charge >= 0.3 is 6.03 Å². The van der Waals surface area contributed by atoms with Gasteiger partial charge in [0.2, 0.25) is 0 Å². The molecule has 1 fully saturated rings. The van der Waals surface area contributed by atoms with E-state index >= 15 is 0 Å². The number of carbonyl (C=O) groups is 2. The lowest BCUT2D eigenvalue weighted by Gasteiger charge is -2.33. The molecule has 1 atom stereocenters. The van der Waals surface area contributed by atoms with E-state index in [0.29, 0.717) is 43.5 Å². The number of urea groups is 1. The highest BCUT2D eigenvalue weighted by molar-refractivity contribution is 7.98. The minimum Gasteiger partial charge on any atom is -0.338 e. The number of aromatic nitrogens is 2. The molecule has 1 aliphatic rings. The zero-order valence-corrected chi connectivity index (χ0v) is 21.2. The van der Waals surface area contributed by atoms with Gasteiger partial charge in [-0.25, -0.2) is 4.79 Å². The van der Waals surface area contributed by atoms with Crippen molar-refractivity contribution in [3.05, 3.63) is 53.2 Å². The average molecular weight is 485 g/mol. The molecule has 8 nitrogen and oxygen atoms in total. The summed E-state index contributed by atoms with van der Waals surface area (Å²) in [4.78, 5) is 27.4. The zero-order chi connectivity index (χ0) is 24.3. The van der Waals surface area contributed by atoms with E-state index in [2.05, 4.69) is 52.1 Å². The van der Waals surface area contributed by atoms with Crippen molar-refractivity contribution in [1.82, 2.24) is 25.7 Å². The van der Waals surface area contributed by atoms with Crippen molar-refractivity contribution in [2.24, 2.45) is 5.92 Å². The molecule has 2 heterocycles. The van der Waals surface area contributed by atoms with E-state index in [9.17, 15) is 9.59 Å². The van der Waals surface area contributed by atoms with Crippen molar-refractivity contribution in [3.8, 4) is 0 Å². The molecule has 2 aromatic rings. The number of benzene rings is 1. The van der Waals surface area contributed by atoms with Crippen LogP contribution >= 0.6 is 11.8 Å². The summed E-state index contributed by atoms with van der Waals surface area (Å²) in [6.45, 7) is 6.78. The third-order valence-electron chi connectivity index (χ3n) is 5.63. The van der Waals surface area contributed by atoms with Crippen LogP contribution in [0.25, 0.3) is 0 Å². The Bertz CT molecular complexity index is 940. The van der Waals surface area contributed by atoms with E-state index in [1.807, 2.05) is 29.4 Å². The van der Waals surface area contributed by atoms with Gasteiger partial charge in [0.15, 0.2) is 11.5 Å². The van der Waals surface area contributed by atoms with Gasteiger partial charge in [0.05, 0.1) is 0 Å². The first-order valence-corrected chi connectivity index (χ1v) is 13.3. The van der Waals surface area contributed by atoms with Crippen molar-refractivity contribution in [2.45, 2.75) is 39.2 Å². The molecule has 0 spiro atoms. The molecule has 1 aromatic heterocycles. The van der Waals surface area contributed by atoms with Gasteiger partial charge in [-0.1, -0.05) is 44.2 Å². The number of nitrogens with zero attached hydrogens (tertiary/aromatic N) is 3. The smallest absolute Gasteiger partial charge is 0.320 e. The first kappa shape index (κ1) is 26.0. The van der Waals surface area contributed by atoms with Gasteiger partial charge in [-0.15, -0.1) is 10.2 Å². The van der Waals surface area contributed by atoms with Gasteiger partial charge in [0.1, 0.15) is 0 Å². The van der Waals surface area contributed by atoms with Crippen LogP contribution in [0.4, 0.5) is 10.6 Å². The summed E-state index contributed by atoms with van der Waals surface area (Å²) in [7, 11) is 0. The molecule has 1 aliphatic heterocycles. The number of anilines is 1. The summed E-state index contributed by atoms with van der Waals surface area (Å²) in [6, 6.07) is 12.0. The first-order chi connectivity index (χ1) is 16.5. The number of piperazine rings is 1. The fraction of sp³-hybridized carbons (Fsp3) is 0.520. The van der Waals surface area contributed by atoms with Gasteiger partial charge in [0.25, 0.3) is 5.91 Å². The van der Waals surface area contributed by atoms with E-state index in [1.54, 1.807) is 17.8 Å². The van der Waals surface area contributed by atoms with Crippen molar-refractivity contribution in [3.63, 3.8) is 0 Å². The molecule has 0 aliphatic carbocycles. The number of hydrogen-bond acceptors (Lipinski definition) is 6. The molecule has 0 saturated carbocycles. The Morgan fingerprint density at radius 2 is 2.03 bits per heavy atom. The summed E-state index contributed by atoms with van der Waals surface area (Å²) in [6.07, 6.45) is 4.50. The highest BCUT2D eigenvalue weighted by atomic mass is 32.2. The number of amides is 3. The van der Waals surface area contributed by atoms with Gasteiger partial charge in [0, 0.05) is 32.2 Å². The summed E-state index contributed by atoms with van der Waals surface area (Å²) in [5.74, 6) is 1.63. The Balaban J connectivity index is 1.66. The maximum absolute atomic E-state index is 13.3. The van der Waals surface area contributed by atoms with E-state index < -0.39 is 0 Å². The lowest BCUT2D eigenvalue weighted by Crippen LogP contribution is -2.53. The van der Waals surface area contributed by atoms with Gasteiger partial charge in [-0.05, 0) is 54.4 Å². The Kier molecular flexibility index (Phi) is 10.2. The van der Waals surface area contributed by atoms with E-state index in [1.165, 1.54) is 5.56 Å². The highest BCUT2D eigenvalue weighted by Gasteiger charge is 2.26. The van der Waals surface area contributed by atoms with Crippen LogP contribution in [0.2, 0.25) is 0 Å². The van der Waals surface area contributed by atoms with E-state index in [0.717, 1.165) is 30.7 Å². The van der Waals surface area contributed by atoms with Crippen molar-refractivity contribution in [2.75, 3.05) is 43.5 Å². The topological polar surface area (TPSA) is 99.2 Å². The Morgan fingerprint density at radius 1 is 1.24 bits per heavy atom. The highest BCUT2D eigenvalue weighted by Crippen LogP contribution is 2.19. The Labute approximate surface area is 206 Å². The predicted octanol–water partition coefficient (Wildman–Crippen LogP) is 3.21. The molecule has 0 unspecified atom stereocenters. The number of rotatable bonds is 10. The summed E-state index contributed by atoms with van der Waals surface area (Å²) >= 11 is 1.75. The van der Waals surface area contributed by atoms with Crippen LogP contribution in [-0.2, 0) is 12.8 Å². The molecule has 3 N–H and O–H groups in total. The summed E-state index contributed by atoms with van der Waals surface area (Å²) in [5.41, 5.74) is 2.39. The molecule has 1 aromatic carbocycles. The maximum Gasteiger partial charge on any atom is 0.320 e. The van der Waals surface area contributed by atoms with Crippen LogP contribution in [0.5, 0.6) is 0 Å². The van der Waals surface area contributed by atoms with Crippen LogP contribution in [0, 0.1) is 5.92 Å². The fourth-order valence-electron chi connectivity index (χ4n) is 4.01. The maximum atomic E-state index is 13.3. The van der Waals surface area contributed by atoms with Crippen LogP contribution in [0.15, 0.2) is 36.4 Å². The number of hydrogen-bond donors (Lipinski definition) is 3. The second-order valence-electron chi connectivity index (χ2n) is 9.02. The first-order valence-electron chi connectivity index (χ1n) is 11.9. The molecule has 0 radical (unpaired) electrons. The summed E-state index contributed by atoms with van der Waals surface area (Å²) in [5, 5.41) is 17.6. The van der Waals surface area contributed by atoms with Crippen LogP contribution in [0.3, 0.4) is 0 Å². The second-order valence-corrected chi connectivity index (χ2v) is 10.0. The molecule has 1 saturated heterocycles. The van der Waals surface area contributed by atoms with Gasteiger partial charge in [-0.3, -0.25) is 10.1 Å². The molecular weight excluding hydrogens is 448 g/mol. The van der Waals surface area contributed by atoms with E-state index in [-0.39, 0.29) is 18.0 Å². The van der Waals surface area contributed by atoms with Crippen molar-refractivity contribution >= 4 is 29.5 Å². The van der Waals surface area contributed by atoms with Crippen LogP contribution < -0.4 is 16.0 Å². The van der Waals surface area contributed by atoms with E-state index in [4.69, 9.17) is 0 Å². The van der Waals surface area contributed by atoms with Crippen LogP contribution in [0.1, 0.15) is 41.9 Å². The third-order valence-corrected chi connectivity index (χ3v) is 6.33. The third kappa shape index (κ3) is 7.99. The van der Waals surface area contributed by atoms with Crippen molar-refractivity contribution in [1.29, 1.82) is 0 Å². The summed E-state index contributed by atoms with van der Waals surface area (Å²) < 4.78 is 0. The number of carbonyl (C=O) groups excluding carboxylic acids is 2. The molecule has 0 bridgehead atoms. The lowest BCUT2D eigenvalue weighted by molar-refractivity contribution is 0.0695. The quantitative estimate of drug-likeness (QED) is 0.448. The predicted molar refractivity (Wildman–Crippen MR) is 138 cm³/mol. The molecule has 184 valence electrons. The van der Waals surface area contributed by atoms with Gasteiger partial charge in [-0.2, -0.15) is 11.8 Å². The standard InChI is InChI=1S/C25H36N6O2S/c1-18(2)14-20-16-22(29-30-23(20)28-25(33)27-10-7-13-34-3)24(32)31-12-11-26-21(17-31)15-19-8-5-4-6-9-19/h4-6,8-9,16,18,21,26H,7,10-15,17H2,1-3H3,(H2,27,28,30,33)/t21-/m0/s1. The molecule has 3 amide bonds. The van der Waals surface area contributed by atoms with Crippen molar-refractivity contribution < 1.29 is 9.59 Å².